The van der Waals surface area contributed by atoms with Crippen LogP contribution in [0.5, 0.6) is 0 Å². The van der Waals surface area contributed by atoms with E-state index in [0.717, 1.165) is 38.2 Å². The zero-order valence-electron chi connectivity index (χ0n) is 14.7. The van der Waals surface area contributed by atoms with Crippen LogP contribution < -0.4 is 5.32 Å². The second kappa shape index (κ2) is 6.51. The number of hydrogen-bond donors (Lipinski definition) is 1. The molecule has 0 aromatic carbocycles. The molecule has 3 amide bonds. The molecule has 3 heterocycles. The van der Waals surface area contributed by atoms with Gasteiger partial charge in [-0.05, 0) is 52.3 Å². The van der Waals surface area contributed by atoms with Gasteiger partial charge in [-0.25, -0.2) is 4.79 Å². The lowest BCUT2D eigenvalue weighted by molar-refractivity contribution is -0.134. The molecule has 3 rings (SSSR count). The number of likely N-dealkylation sites (tertiary alicyclic amines) is 1. The van der Waals surface area contributed by atoms with Crippen LogP contribution in [0.3, 0.4) is 0 Å². The summed E-state index contributed by atoms with van der Waals surface area (Å²) in [4.78, 5) is 33.2. The summed E-state index contributed by atoms with van der Waals surface area (Å²) < 4.78 is 0. The van der Waals surface area contributed by atoms with Crippen molar-refractivity contribution in [2.75, 3.05) is 13.1 Å². The number of urea groups is 1. The van der Waals surface area contributed by atoms with Gasteiger partial charge in [-0.15, -0.1) is 0 Å². The molecule has 6 nitrogen and oxygen atoms in total. The number of imide groups is 1. The lowest BCUT2D eigenvalue weighted by Crippen LogP contribution is -2.56. The molecule has 1 N–H and O–H groups in total. The van der Waals surface area contributed by atoms with Gasteiger partial charge in [0, 0.05) is 31.2 Å². The third-order valence-corrected chi connectivity index (χ3v) is 5.20. The average Bonchev–Trinajstić information content (AvgIpc) is 2.79. The Balaban J connectivity index is 1.72. The summed E-state index contributed by atoms with van der Waals surface area (Å²) in [6.07, 6.45) is 3.78. The minimum Gasteiger partial charge on any atom is -0.323 e. The van der Waals surface area contributed by atoms with Gasteiger partial charge in [0.15, 0.2) is 0 Å². The minimum absolute atomic E-state index is 0.0906. The minimum atomic E-state index is -0.801. The SMILES string of the molecule is CC(C)N1C(=O)NC(C)(C2CCCN(Cc3ccccn3)C2)C1=O. The Morgan fingerprint density at radius 2 is 2.17 bits per heavy atom. The summed E-state index contributed by atoms with van der Waals surface area (Å²) in [5, 5.41) is 2.96. The fourth-order valence-corrected chi connectivity index (χ4v) is 3.82. The summed E-state index contributed by atoms with van der Waals surface area (Å²) >= 11 is 0. The van der Waals surface area contributed by atoms with Crippen molar-refractivity contribution in [1.29, 1.82) is 0 Å². The van der Waals surface area contributed by atoms with E-state index in [9.17, 15) is 9.59 Å². The molecule has 2 fully saturated rings. The predicted octanol–water partition coefficient (Wildman–Crippen LogP) is 2.01. The maximum atomic E-state index is 12.9. The Morgan fingerprint density at radius 1 is 1.38 bits per heavy atom. The zero-order chi connectivity index (χ0) is 17.3. The van der Waals surface area contributed by atoms with Crippen LogP contribution in [0.4, 0.5) is 4.79 Å². The van der Waals surface area contributed by atoms with E-state index in [4.69, 9.17) is 0 Å². The van der Waals surface area contributed by atoms with Gasteiger partial charge in [0.25, 0.3) is 5.91 Å². The molecule has 0 radical (unpaired) electrons. The molecule has 0 saturated carbocycles. The lowest BCUT2D eigenvalue weighted by Gasteiger charge is -2.39. The third-order valence-electron chi connectivity index (χ3n) is 5.20. The number of amides is 3. The van der Waals surface area contributed by atoms with Crippen LogP contribution in [0, 0.1) is 5.92 Å². The zero-order valence-corrected chi connectivity index (χ0v) is 14.7. The molecular weight excluding hydrogens is 304 g/mol. The molecule has 0 spiro atoms. The molecule has 2 aliphatic heterocycles. The van der Waals surface area contributed by atoms with Gasteiger partial charge in [0.05, 0.1) is 5.69 Å². The summed E-state index contributed by atoms with van der Waals surface area (Å²) in [6.45, 7) is 8.20. The van der Waals surface area contributed by atoms with Crippen molar-refractivity contribution >= 4 is 11.9 Å². The largest absolute Gasteiger partial charge is 0.325 e. The number of piperidine rings is 1. The molecular formula is C18H26N4O2. The van der Waals surface area contributed by atoms with Gasteiger partial charge in [0.1, 0.15) is 5.54 Å². The number of aromatic nitrogens is 1. The molecule has 2 saturated heterocycles. The Kier molecular flexibility index (Phi) is 4.58. The molecule has 2 atom stereocenters. The number of rotatable bonds is 4. The van der Waals surface area contributed by atoms with Crippen LogP contribution >= 0.6 is 0 Å². The number of nitrogens with one attached hydrogen (secondary N) is 1. The summed E-state index contributed by atoms with van der Waals surface area (Å²) in [5.74, 6) is 0.0300. The standard InChI is InChI=1S/C18H26N4O2/c1-13(2)22-16(23)18(3,20-17(22)24)14-7-6-10-21(11-14)12-15-8-4-5-9-19-15/h4-5,8-9,13-14H,6-7,10-12H2,1-3H3,(H,20,24). The van der Waals surface area contributed by atoms with E-state index in [-0.39, 0.29) is 23.9 Å². The molecule has 1 aromatic heterocycles. The Bertz CT molecular complexity index is 619. The summed E-state index contributed by atoms with van der Waals surface area (Å²) in [5.41, 5.74) is 0.235. The van der Waals surface area contributed by atoms with E-state index in [0.29, 0.717) is 0 Å². The van der Waals surface area contributed by atoms with Gasteiger partial charge in [-0.2, -0.15) is 0 Å². The Hall–Kier alpha value is -1.95. The van der Waals surface area contributed by atoms with Crippen LogP contribution in [0.25, 0.3) is 0 Å². The van der Waals surface area contributed by atoms with E-state index in [1.165, 1.54) is 4.90 Å². The third kappa shape index (κ3) is 3.02. The number of hydrogen-bond acceptors (Lipinski definition) is 4. The van der Waals surface area contributed by atoms with Gasteiger partial charge < -0.3 is 5.32 Å². The number of carbonyl (C=O) groups excluding carboxylic acids is 2. The Morgan fingerprint density at radius 3 is 2.79 bits per heavy atom. The van der Waals surface area contributed by atoms with Crippen LogP contribution in [-0.2, 0) is 11.3 Å². The molecule has 0 bridgehead atoms. The van der Waals surface area contributed by atoms with Crippen molar-refractivity contribution in [3.05, 3.63) is 30.1 Å². The summed E-state index contributed by atoms with van der Waals surface area (Å²) in [6, 6.07) is 5.55. The first kappa shape index (κ1) is 16.9. The van der Waals surface area contributed by atoms with Crippen LogP contribution in [-0.4, -0.2) is 51.4 Å². The lowest BCUT2D eigenvalue weighted by atomic mass is 9.79. The molecule has 0 aliphatic carbocycles. The van der Waals surface area contributed by atoms with Gasteiger partial charge in [-0.1, -0.05) is 6.07 Å². The van der Waals surface area contributed by atoms with E-state index in [1.54, 1.807) is 6.20 Å². The molecule has 2 aliphatic rings. The number of pyridine rings is 1. The Labute approximate surface area is 143 Å². The van der Waals surface area contributed by atoms with Gasteiger partial charge in [-0.3, -0.25) is 19.6 Å². The van der Waals surface area contributed by atoms with Crippen molar-refractivity contribution < 1.29 is 9.59 Å². The molecule has 1 aromatic rings. The van der Waals surface area contributed by atoms with Crippen molar-refractivity contribution in [2.24, 2.45) is 5.92 Å². The quantitative estimate of drug-likeness (QED) is 0.858. The van der Waals surface area contributed by atoms with Crippen molar-refractivity contribution in [3.8, 4) is 0 Å². The number of nitrogens with zero attached hydrogens (tertiary/aromatic N) is 3. The molecule has 6 heteroatoms. The average molecular weight is 330 g/mol. The first-order chi connectivity index (χ1) is 11.4. The fraction of sp³-hybridized carbons (Fsp3) is 0.611. The van der Waals surface area contributed by atoms with E-state index in [1.807, 2.05) is 39.0 Å². The van der Waals surface area contributed by atoms with Crippen LogP contribution in [0.15, 0.2) is 24.4 Å². The van der Waals surface area contributed by atoms with E-state index >= 15 is 0 Å². The monoisotopic (exact) mass is 330 g/mol. The normalized spacial score (nSPS) is 28.5. The van der Waals surface area contributed by atoms with Crippen LogP contribution in [0.1, 0.15) is 39.3 Å². The van der Waals surface area contributed by atoms with Crippen molar-refractivity contribution in [1.82, 2.24) is 20.1 Å². The summed E-state index contributed by atoms with van der Waals surface area (Å²) in [7, 11) is 0. The van der Waals surface area contributed by atoms with Gasteiger partial charge in [0.2, 0.25) is 0 Å². The highest BCUT2D eigenvalue weighted by Gasteiger charge is 2.53. The predicted molar refractivity (Wildman–Crippen MR) is 91.2 cm³/mol. The van der Waals surface area contributed by atoms with E-state index in [2.05, 4.69) is 15.2 Å². The topological polar surface area (TPSA) is 65.5 Å². The van der Waals surface area contributed by atoms with Gasteiger partial charge >= 0.3 is 6.03 Å². The highest BCUT2D eigenvalue weighted by atomic mass is 16.2. The van der Waals surface area contributed by atoms with Crippen LogP contribution in [0.2, 0.25) is 0 Å². The second-order valence-electron chi connectivity index (χ2n) is 7.30. The first-order valence-corrected chi connectivity index (χ1v) is 8.70. The maximum Gasteiger partial charge on any atom is 0.325 e. The molecule has 130 valence electrons. The maximum absolute atomic E-state index is 12.9. The van der Waals surface area contributed by atoms with E-state index < -0.39 is 5.54 Å². The second-order valence-corrected chi connectivity index (χ2v) is 7.30. The first-order valence-electron chi connectivity index (χ1n) is 8.70. The van der Waals surface area contributed by atoms with Crippen molar-refractivity contribution in [3.63, 3.8) is 0 Å². The smallest absolute Gasteiger partial charge is 0.323 e. The highest BCUT2D eigenvalue weighted by Crippen LogP contribution is 2.33. The molecule has 24 heavy (non-hydrogen) atoms. The fourth-order valence-electron chi connectivity index (χ4n) is 3.82. The number of carbonyl (C=O) groups is 2. The highest BCUT2D eigenvalue weighted by molar-refractivity contribution is 6.07. The molecule has 2 unspecified atom stereocenters. The van der Waals surface area contributed by atoms with Crippen molar-refractivity contribution in [2.45, 2.75) is 51.7 Å².